The van der Waals surface area contributed by atoms with Gasteiger partial charge in [-0.15, -0.1) is 0 Å². The topological polar surface area (TPSA) is 56.2 Å². The zero-order valence-electron chi connectivity index (χ0n) is 9.71. The Morgan fingerprint density at radius 2 is 2.25 bits per heavy atom. The lowest BCUT2D eigenvalue weighted by Crippen LogP contribution is -2.27. The Bertz CT molecular complexity index is 417. The highest BCUT2D eigenvalue weighted by molar-refractivity contribution is 6.07. The molecule has 1 heterocycles. The lowest BCUT2D eigenvalue weighted by molar-refractivity contribution is 0.355. The van der Waals surface area contributed by atoms with Crippen LogP contribution in [0, 0.1) is 6.92 Å². The molecular formula is C10H16ClN3O2. The maximum Gasteiger partial charge on any atom is 0.258 e. The SMILES string of the molecule is CCNc1nc(C)c(CCOCl)c(=O)n1C. The van der Waals surface area contributed by atoms with Gasteiger partial charge in [-0.05, 0) is 13.8 Å². The molecule has 16 heavy (non-hydrogen) atoms. The highest BCUT2D eigenvalue weighted by Crippen LogP contribution is 2.06. The fourth-order valence-corrected chi connectivity index (χ4v) is 1.58. The van der Waals surface area contributed by atoms with Crippen molar-refractivity contribution in [1.29, 1.82) is 0 Å². The largest absolute Gasteiger partial charge is 0.356 e. The maximum atomic E-state index is 12.0. The summed E-state index contributed by atoms with van der Waals surface area (Å²) in [6.07, 6.45) is 0.474. The van der Waals surface area contributed by atoms with Gasteiger partial charge in [0.2, 0.25) is 5.95 Å². The van der Waals surface area contributed by atoms with E-state index in [1.54, 1.807) is 7.05 Å². The lowest BCUT2D eigenvalue weighted by atomic mass is 10.2. The smallest absolute Gasteiger partial charge is 0.258 e. The summed E-state index contributed by atoms with van der Waals surface area (Å²) in [5, 5.41) is 3.04. The molecule has 0 saturated carbocycles. The number of anilines is 1. The minimum absolute atomic E-state index is 0.0582. The summed E-state index contributed by atoms with van der Waals surface area (Å²) < 4.78 is 5.95. The summed E-state index contributed by atoms with van der Waals surface area (Å²) in [5.74, 6) is 0.584. The van der Waals surface area contributed by atoms with Crippen molar-refractivity contribution in [3.05, 3.63) is 21.6 Å². The third-order valence-electron chi connectivity index (χ3n) is 2.35. The molecule has 0 bridgehead atoms. The van der Waals surface area contributed by atoms with Gasteiger partial charge in [0.1, 0.15) is 0 Å². The monoisotopic (exact) mass is 245 g/mol. The minimum atomic E-state index is -0.0582. The van der Waals surface area contributed by atoms with Crippen LogP contribution >= 0.6 is 11.9 Å². The van der Waals surface area contributed by atoms with Gasteiger partial charge in [0, 0.05) is 25.6 Å². The Hall–Kier alpha value is -1.07. The van der Waals surface area contributed by atoms with Crippen LogP contribution in [0.15, 0.2) is 4.79 Å². The van der Waals surface area contributed by atoms with Crippen molar-refractivity contribution in [2.24, 2.45) is 7.05 Å². The molecule has 0 unspecified atom stereocenters. The normalized spacial score (nSPS) is 10.5. The summed E-state index contributed by atoms with van der Waals surface area (Å²) in [6.45, 7) is 4.80. The number of rotatable bonds is 5. The third-order valence-corrected chi connectivity index (χ3v) is 2.51. The fourth-order valence-electron chi connectivity index (χ4n) is 1.50. The van der Waals surface area contributed by atoms with Crippen LogP contribution in [0.5, 0.6) is 0 Å². The average Bonchev–Trinajstić information content (AvgIpc) is 2.26. The van der Waals surface area contributed by atoms with E-state index in [1.165, 1.54) is 4.57 Å². The van der Waals surface area contributed by atoms with E-state index in [4.69, 9.17) is 11.9 Å². The molecule has 1 aromatic heterocycles. The van der Waals surface area contributed by atoms with E-state index in [9.17, 15) is 4.79 Å². The second-order valence-corrected chi connectivity index (χ2v) is 3.68. The number of hydrogen-bond acceptors (Lipinski definition) is 4. The van der Waals surface area contributed by atoms with Gasteiger partial charge in [0.05, 0.1) is 24.2 Å². The number of aryl methyl sites for hydroxylation is 1. The van der Waals surface area contributed by atoms with Gasteiger partial charge < -0.3 is 5.32 Å². The summed E-state index contributed by atoms with van der Waals surface area (Å²) >= 11 is 5.14. The minimum Gasteiger partial charge on any atom is -0.356 e. The molecule has 0 radical (unpaired) electrons. The van der Waals surface area contributed by atoms with Crippen molar-refractivity contribution in [3.8, 4) is 0 Å². The van der Waals surface area contributed by atoms with Crippen molar-refractivity contribution in [1.82, 2.24) is 9.55 Å². The third kappa shape index (κ3) is 2.74. The van der Waals surface area contributed by atoms with Gasteiger partial charge in [0.15, 0.2) is 0 Å². The van der Waals surface area contributed by atoms with Gasteiger partial charge in [0.25, 0.3) is 5.56 Å². The Balaban J connectivity index is 3.13. The quantitative estimate of drug-likeness (QED) is 0.848. The predicted molar refractivity (Wildman–Crippen MR) is 63.9 cm³/mol. The number of aromatic nitrogens is 2. The van der Waals surface area contributed by atoms with Gasteiger partial charge in [-0.2, -0.15) is 0 Å². The number of halogens is 1. The molecule has 0 aromatic carbocycles. The Morgan fingerprint density at radius 3 is 2.81 bits per heavy atom. The molecular weight excluding hydrogens is 230 g/mol. The van der Waals surface area contributed by atoms with Crippen molar-refractivity contribution in [3.63, 3.8) is 0 Å². The molecule has 0 fully saturated rings. The lowest BCUT2D eigenvalue weighted by Gasteiger charge is -2.12. The van der Waals surface area contributed by atoms with E-state index in [2.05, 4.69) is 14.6 Å². The summed E-state index contributed by atoms with van der Waals surface area (Å²) in [4.78, 5) is 16.3. The molecule has 1 rings (SSSR count). The highest BCUT2D eigenvalue weighted by atomic mass is 35.5. The van der Waals surface area contributed by atoms with Crippen LogP contribution in [0.1, 0.15) is 18.2 Å². The number of nitrogens with one attached hydrogen (secondary N) is 1. The zero-order chi connectivity index (χ0) is 12.1. The first-order valence-electron chi connectivity index (χ1n) is 5.15. The predicted octanol–water partition coefficient (Wildman–Crippen LogP) is 1.23. The van der Waals surface area contributed by atoms with Gasteiger partial charge in [-0.25, -0.2) is 4.98 Å². The number of nitrogens with zero attached hydrogens (tertiary/aromatic N) is 2. The molecule has 5 nitrogen and oxygen atoms in total. The summed E-state index contributed by atoms with van der Waals surface area (Å²) in [7, 11) is 1.69. The fraction of sp³-hybridized carbons (Fsp3) is 0.600. The second-order valence-electron chi connectivity index (χ2n) is 3.46. The van der Waals surface area contributed by atoms with E-state index in [1.807, 2.05) is 13.8 Å². The standard InChI is InChI=1S/C10H16ClN3O2/c1-4-12-10-13-7(2)8(5-6-16-11)9(15)14(10)3/h4-6H2,1-3H3,(H,12,13). The maximum absolute atomic E-state index is 12.0. The molecule has 6 heteroatoms. The van der Waals surface area contributed by atoms with Crippen LogP contribution in [0.2, 0.25) is 0 Å². The van der Waals surface area contributed by atoms with Crippen molar-refractivity contribution >= 4 is 17.8 Å². The molecule has 90 valence electrons. The van der Waals surface area contributed by atoms with Gasteiger partial charge in [-0.3, -0.25) is 13.7 Å². The molecule has 0 aliphatic rings. The molecule has 0 saturated heterocycles. The average molecular weight is 246 g/mol. The van der Waals surface area contributed by atoms with E-state index in [0.29, 0.717) is 30.2 Å². The van der Waals surface area contributed by atoms with Crippen LogP contribution in [0.3, 0.4) is 0 Å². The Morgan fingerprint density at radius 1 is 1.56 bits per heavy atom. The number of hydrogen-bond donors (Lipinski definition) is 1. The molecule has 0 aliphatic heterocycles. The molecule has 0 spiro atoms. The van der Waals surface area contributed by atoms with E-state index >= 15 is 0 Å². The van der Waals surface area contributed by atoms with Crippen LogP contribution in [0.25, 0.3) is 0 Å². The van der Waals surface area contributed by atoms with Crippen molar-refractivity contribution in [2.45, 2.75) is 20.3 Å². The van der Waals surface area contributed by atoms with E-state index in [0.717, 1.165) is 6.54 Å². The van der Waals surface area contributed by atoms with Crippen LogP contribution in [-0.4, -0.2) is 22.7 Å². The summed E-state index contributed by atoms with van der Waals surface area (Å²) in [6, 6.07) is 0. The van der Waals surface area contributed by atoms with Gasteiger partial charge in [-0.1, -0.05) is 0 Å². The molecule has 1 aromatic rings. The first-order valence-corrected chi connectivity index (χ1v) is 5.46. The molecule has 0 aliphatic carbocycles. The van der Waals surface area contributed by atoms with Crippen LogP contribution < -0.4 is 10.9 Å². The summed E-state index contributed by atoms with van der Waals surface area (Å²) in [5.41, 5.74) is 1.30. The second kappa shape index (κ2) is 5.86. The first kappa shape index (κ1) is 13.0. The van der Waals surface area contributed by atoms with Crippen LogP contribution in [-0.2, 0) is 17.8 Å². The van der Waals surface area contributed by atoms with Gasteiger partial charge >= 0.3 is 0 Å². The highest BCUT2D eigenvalue weighted by Gasteiger charge is 2.10. The first-order chi connectivity index (χ1) is 7.61. The van der Waals surface area contributed by atoms with E-state index in [-0.39, 0.29) is 5.56 Å². The van der Waals surface area contributed by atoms with Crippen molar-refractivity contribution in [2.75, 3.05) is 18.5 Å². The Kier molecular flexibility index (Phi) is 4.76. The zero-order valence-corrected chi connectivity index (χ0v) is 10.5. The van der Waals surface area contributed by atoms with Crippen LogP contribution in [0.4, 0.5) is 5.95 Å². The molecule has 1 N–H and O–H groups in total. The molecule has 0 amide bonds. The van der Waals surface area contributed by atoms with Crippen molar-refractivity contribution < 1.29 is 4.29 Å². The Labute approximate surface area is 99.6 Å². The van der Waals surface area contributed by atoms with E-state index < -0.39 is 0 Å². The molecule has 0 atom stereocenters.